The molecule has 0 spiro atoms. The maximum atomic E-state index is 10.7. The van der Waals surface area contributed by atoms with Crippen LogP contribution in [0.1, 0.15) is 57.2 Å². The van der Waals surface area contributed by atoms with Crippen LogP contribution in [0.15, 0.2) is 17.5 Å². The standard InChI is InChI=1S/C17H29NOS/c1-17(2,3)13-8-6-12(7-9-13)16(19)14(11-18)15-5-4-10-20-15/h4-5,10,12-14,16,19H,6-9,11,18H2,1-3H3. The van der Waals surface area contributed by atoms with Crippen molar-refractivity contribution in [2.45, 2.75) is 58.5 Å². The highest BCUT2D eigenvalue weighted by Crippen LogP contribution is 2.42. The minimum atomic E-state index is -0.278. The van der Waals surface area contributed by atoms with E-state index >= 15 is 0 Å². The topological polar surface area (TPSA) is 46.2 Å². The second kappa shape index (κ2) is 6.59. The number of nitrogens with two attached hydrogens (primary N) is 1. The van der Waals surface area contributed by atoms with Crippen molar-refractivity contribution in [2.75, 3.05) is 6.54 Å². The maximum Gasteiger partial charge on any atom is 0.0656 e. The quantitative estimate of drug-likeness (QED) is 0.882. The van der Waals surface area contributed by atoms with Crippen LogP contribution in [0.2, 0.25) is 0 Å². The molecule has 0 saturated heterocycles. The number of hydrogen-bond acceptors (Lipinski definition) is 3. The maximum absolute atomic E-state index is 10.7. The molecule has 0 radical (unpaired) electrons. The molecule has 1 aliphatic rings. The molecule has 2 unspecified atom stereocenters. The lowest BCUT2D eigenvalue weighted by Crippen LogP contribution is -2.36. The summed E-state index contributed by atoms with van der Waals surface area (Å²) in [7, 11) is 0. The molecule has 20 heavy (non-hydrogen) atoms. The lowest BCUT2D eigenvalue weighted by Gasteiger charge is -2.39. The van der Waals surface area contributed by atoms with Crippen molar-refractivity contribution in [2.24, 2.45) is 23.0 Å². The van der Waals surface area contributed by atoms with Crippen LogP contribution in [0.4, 0.5) is 0 Å². The van der Waals surface area contributed by atoms with Crippen LogP contribution in [0.25, 0.3) is 0 Å². The molecule has 1 aromatic heterocycles. The SMILES string of the molecule is CC(C)(C)C1CCC(C(O)C(CN)c2cccs2)CC1. The van der Waals surface area contributed by atoms with Crippen LogP contribution in [-0.4, -0.2) is 17.8 Å². The van der Waals surface area contributed by atoms with Crippen molar-refractivity contribution in [1.82, 2.24) is 0 Å². The van der Waals surface area contributed by atoms with E-state index in [1.54, 1.807) is 11.3 Å². The number of aliphatic hydroxyl groups excluding tert-OH is 1. The van der Waals surface area contributed by atoms with E-state index in [2.05, 4.69) is 32.2 Å². The first kappa shape index (κ1) is 16.0. The highest BCUT2D eigenvalue weighted by atomic mass is 32.1. The molecule has 2 nitrogen and oxygen atoms in total. The van der Waals surface area contributed by atoms with Crippen LogP contribution >= 0.6 is 11.3 Å². The first-order valence-corrected chi connectivity index (χ1v) is 8.73. The monoisotopic (exact) mass is 295 g/mol. The molecule has 3 heteroatoms. The molecular weight excluding hydrogens is 266 g/mol. The first-order chi connectivity index (χ1) is 9.43. The molecule has 0 amide bonds. The molecule has 2 rings (SSSR count). The van der Waals surface area contributed by atoms with Crippen molar-refractivity contribution in [3.63, 3.8) is 0 Å². The fourth-order valence-electron chi connectivity index (χ4n) is 3.58. The minimum absolute atomic E-state index is 0.117. The Morgan fingerprint density at radius 3 is 2.40 bits per heavy atom. The summed E-state index contributed by atoms with van der Waals surface area (Å²) in [4.78, 5) is 1.23. The highest BCUT2D eigenvalue weighted by Gasteiger charge is 2.35. The van der Waals surface area contributed by atoms with E-state index in [9.17, 15) is 5.11 Å². The van der Waals surface area contributed by atoms with Crippen LogP contribution < -0.4 is 5.73 Å². The lowest BCUT2D eigenvalue weighted by molar-refractivity contribution is 0.0379. The smallest absolute Gasteiger partial charge is 0.0656 e. The predicted molar refractivity (Wildman–Crippen MR) is 87.0 cm³/mol. The number of thiophene rings is 1. The van der Waals surface area contributed by atoms with Gasteiger partial charge in [-0.1, -0.05) is 26.8 Å². The van der Waals surface area contributed by atoms with Gasteiger partial charge in [-0.3, -0.25) is 0 Å². The second-order valence-electron chi connectivity index (χ2n) is 7.33. The van der Waals surface area contributed by atoms with Gasteiger partial charge >= 0.3 is 0 Å². The third-order valence-electron chi connectivity index (χ3n) is 5.05. The third kappa shape index (κ3) is 3.63. The van der Waals surface area contributed by atoms with Crippen LogP contribution in [-0.2, 0) is 0 Å². The molecule has 114 valence electrons. The average Bonchev–Trinajstić information content (AvgIpc) is 2.92. The molecule has 1 saturated carbocycles. The summed E-state index contributed by atoms with van der Waals surface area (Å²) < 4.78 is 0. The zero-order chi connectivity index (χ0) is 14.8. The van der Waals surface area contributed by atoms with Gasteiger partial charge in [0.25, 0.3) is 0 Å². The van der Waals surface area contributed by atoms with E-state index in [1.165, 1.54) is 17.7 Å². The molecule has 1 aromatic rings. The van der Waals surface area contributed by atoms with Crippen LogP contribution in [0.5, 0.6) is 0 Å². The first-order valence-electron chi connectivity index (χ1n) is 7.85. The number of aliphatic hydroxyl groups is 1. The second-order valence-corrected chi connectivity index (χ2v) is 8.31. The Kier molecular flexibility index (Phi) is 5.27. The summed E-state index contributed by atoms with van der Waals surface area (Å²) in [5.74, 6) is 1.33. The lowest BCUT2D eigenvalue weighted by atomic mass is 9.68. The summed E-state index contributed by atoms with van der Waals surface area (Å²) in [6, 6.07) is 4.15. The fraction of sp³-hybridized carbons (Fsp3) is 0.765. The Balaban J connectivity index is 1.96. The molecule has 3 N–H and O–H groups in total. The van der Waals surface area contributed by atoms with Gasteiger partial charge in [-0.15, -0.1) is 11.3 Å². The molecule has 2 atom stereocenters. The zero-order valence-electron chi connectivity index (χ0n) is 13.0. The van der Waals surface area contributed by atoms with E-state index in [1.807, 2.05) is 6.07 Å². The van der Waals surface area contributed by atoms with Gasteiger partial charge in [0.1, 0.15) is 0 Å². The van der Waals surface area contributed by atoms with Gasteiger partial charge in [0.2, 0.25) is 0 Å². The molecule has 1 aliphatic carbocycles. The largest absolute Gasteiger partial charge is 0.392 e. The van der Waals surface area contributed by atoms with Crippen molar-refractivity contribution in [1.29, 1.82) is 0 Å². The van der Waals surface area contributed by atoms with Crippen molar-refractivity contribution in [3.05, 3.63) is 22.4 Å². The molecule has 1 heterocycles. The van der Waals surface area contributed by atoms with Gasteiger partial charge < -0.3 is 10.8 Å². The Labute approximate surface area is 127 Å². The molecule has 1 fully saturated rings. The van der Waals surface area contributed by atoms with Gasteiger partial charge in [-0.05, 0) is 54.4 Å². The van der Waals surface area contributed by atoms with Gasteiger partial charge in [0, 0.05) is 17.3 Å². The zero-order valence-corrected chi connectivity index (χ0v) is 13.8. The highest BCUT2D eigenvalue weighted by molar-refractivity contribution is 7.10. The third-order valence-corrected chi connectivity index (χ3v) is 6.06. The Morgan fingerprint density at radius 2 is 1.95 bits per heavy atom. The predicted octanol–water partition coefficient (Wildman–Crippen LogP) is 4.00. The van der Waals surface area contributed by atoms with E-state index < -0.39 is 0 Å². The minimum Gasteiger partial charge on any atom is -0.392 e. The number of hydrogen-bond donors (Lipinski definition) is 2. The van der Waals surface area contributed by atoms with Gasteiger partial charge in [0.15, 0.2) is 0 Å². The average molecular weight is 295 g/mol. The summed E-state index contributed by atoms with van der Waals surface area (Å²) in [6.07, 6.45) is 4.50. The summed E-state index contributed by atoms with van der Waals surface area (Å²) >= 11 is 1.71. The summed E-state index contributed by atoms with van der Waals surface area (Å²) in [5, 5.41) is 12.8. The van der Waals surface area contributed by atoms with Crippen molar-refractivity contribution < 1.29 is 5.11 Å². The molecule has 0 bridgehead atoms. The Morgan fingerprint density at radius 1 is 1.30 bits per heavy atom. The van der Waals surface area contributed by atoms with E-state index in [0.717, 1.165) is 18.8 Å². The van der Waals surface area contributed by atoms with Gasteiger partial charge in [-0.25, -0.2) is 0 Å². The van der Waals surface area contributed by atoms with Crippen LogP contribution in [0.3, 0.4) is 0 Å². The summed E-state index contributed by atoms with van der Waals surface area (Å²) in [6.45, 7) is 7.55. The normalized spacial score (nSPS) is 27.2. The van der Waals surface area contributed by atoms with Crippen molar-refractivity contribution in [3.8, 4) is 0 Å². The molecule has 0 aliphatic heterocycles. The molecular formula is C17H29NOS. The Bertz CT molecular complexity index is 388. The molecule has 0 aromatic carbocycles. The van der Waals surface area contributed by atoms with Crippen LogP contribution in [0, 0.1) is 17.3 Å². The van der Waals surface area contributed by atoms with E-state index in [-0.39, 0.29) is 12.0 Å². The van der Waals surface area contributed by atoms with Gasteiger partial charge in [-0.2, -0.15) is 0 Å². The fourth-order valence-corrected chi connectivity index (χ4v) is 4.46. The Hall–Kier alpha value is -0.380. The van der Waals surface area contributed by atoms with Crippen molar-refractivity contribution >= 4 is 11.3 Å². The van der Waals surface area contributed by atoms with E-state index in [4.69, 9.17) is 5.73 Å². The van der Waals surface area contributed by atoms with Gasteiger partial charge in [0.05, 0.1) is 6.10 Å². The number of rotatable bonds is 4. The van der Waals surface area contributed by atoms with E-state index in [0.29, 0.717) is 17.9 Å². The summed E-state index contributed by atoms with van der Waals surface area (Å²) in [5.41, 5.74) is 6.31.